The third-order valence-corrected chi connectivity index (χ3v) is 4.09. The number of anilines is 3. The van der Waals surface area contributed by atoms with Crippen LogP contribution in [0.1, 0.15) is 5.56 Å². The number of benzene rings is 2. The first-order valence-electron chi connectivity index (χ1n) is 8.35. The number of nitrogens with one attached hydrogen (secondary N) is 2. The number of ether oxygens (including phenoxy) is 2. The predicted molar refractivity (Wildman–Crippen MR) is 106 cm³/mol. The van der Waals surface area contributed by atoms with Crippen LogP contribution in [0.25, 0.3) is 0 Å². The molecule has 0 aliphatic carbocycles. The van der Waals surface area contributed by atoms with Crippen molar-refractivity contribution < 1.29 is 9.47 Å². The highest BCUT2D eigenvalue weighted by Gasteiger charge is 2.08. The van der Waals surface area contributed by atoms with Gasteiger partial charge >= 0.3 is 0 Å². The summed E-state index contributed by atoms with van der Waals surface area (Å²) >= 11 is 6.05. The van der Waals surface area contributed by atoms with Crippen LogP contribution in [0.5, 0.6) is 11.5 Å². The molecular weight excluding hydrogens is 366 g/mol. The first-order valence-corrected chi connectivity index (χ1v) is 8.73. The van der Waals surface area contributed by atoms with Crippen LogP contribution in [-0.2, 0) is 6.42 Å². The van der Waals surface area contributed by atoms with Gasteiger partial charge < -0.3 is 20.1 Å². The topological polar surface area (TPSA) is 81.2 Å². The summed E-state index contributed by atoms with van der Waals surface area (Å²) in [5.74, 6) is 2.47. The van der Waals surface area contributed by atoms with E-state index in [-0.39, 0.29) is 0 Å². The van der Waals surface area contributed by atoms with Crippen molar-refractivity contribution in [1.29, 1.82) is 0 Å². The Bertz CT molecular complexity index is 907. The second-order valence-corrected chi connectivity index (χ2v) is 6.06. The Morgan fingerprint density at radius 1 is 1.04 bits per heavy atom. The normalized spacial score (nSPS) is 10.3. The molecule has 0 amide bonds. The van der Waals surface area contributed by atoms with Gasteiger partial charge in [0.25, 0.3) is 0 Å². The maximum atomic E-state index is 6.05. The highest BCUT2D eigenvalue weighted by molar-refractivity contribution is 6.31. The maximum Gasteiger partial charge on any atom is 0.249 e. The molecule has 3 aromatic rings. The van der Waals surface area contributed by atoms with Gasteiger partial charge in [-0.05, 0) is 36.2 Å². The van der Waals surface area contributed by atoms with Gasteiger partial charge in [0.05, 0.1) is 26.1 Å². The van der Waals surface area contributed by atoms with Gasteiger partial charge in [-0.1, -0.05) is 29.8 Å². The molecule has 0 saturated heterocycles. The van der Waals surface area contributed by atoms with Crippen molar-refractivity contribution in [2.75, 3.05) is 31.4 Å². The van der Waals surface area contributed by atoms with Crippen molar-refractivity contribution in [2.24, 2.45) is 0 Å². The summed E-state index contributed by atoms with van der Waals surface area (Å²) < 4.78 is 10.7. The molecule has 0 radical (unpaired) electrons. The van der Waals surface area contributed by atoms with Crippen molar-refractivity contribution in [3.63, 3.8) is 0 Å². The molecule has 0 saturated carbocycles. The van der Waals surface area contributed by atoms with E-state index in [9.17, 15) is 0 Å². The van der Waals surface area contributed by atoms with Crippen molar-refractivity contribution >= 4 is 29.1 Å². The van der Waals surface area contributed by atoms with E-state index in [1.165, 1.54) is 0 Å². The number of methoxy groups -OCH3 is 2. The molecular formula is C19H20ClN5O2. The number of aromatic nitrogens is 3. The first kappa shape index (κ1) is 18.7. The molecule has 0 unspecified atom stereocenters. The third-order valence-electron chi connectivity index (χ3n) is 3.86. The van der Waals surface area contributed by atoms with Gasteiger partial charge in [-0.25, -0.2) is 0 Å². The van der Waals surface area contributed by atoms with Gasteiger partial charge in [-0.3, -0.25) is 0 Å². The van der Waals surface area contributed by atoms with Gasteiger partial charge in [0, 0.05) is 11.6 Å². The summed E-state index contributed by atoms with van der Waals surface area (Å²) in [5, 5.41) is 14.9. The Morgan fingerprint density at radius 2 is 1.85 bits per heavy atom. The summed E-state index contributed by atoms with van der Waals surface area (Å²) in [4.78, 5) is 4.42. The molecule has 3 rings (SSSR count). The third kappa shape index (κ3) is 4.98. The molecule has 8 heteroatoms. The molecule has 2 N–H and O–H groups in total. The zero-order chi connectivity index (χ0) is 19.1. The lowest BCUT2D eigenvalue weighted by Crippen LogP contribution is -2.09. The predicted octanol–water partition coefficient (Wildman–Crippen LogP) is 3.94. The molecule has 0 aliphatic rings. The van der Waals surface area contributed by atoms with E-state index in [1.807, 2.05) is 24.3 Å². The van der Waals surface area contributed by atoms with E-state index in [2.05, 4.69) is 25.8 Å². The van der Waals surface area contributed by atoms with Gasteiger partial charge in [-0.15, -0.1) is 5.10 Å². The van der Waals surface area contributed by atoms with E-state index < -0.39 is 0 Å². The zero-order valence-electron chi connectivity index (χ0n) is 15.1. The van der Waals surface area contributed by atoms with E-state index in [0.717, 1.165) is 17.7 Å². The smallest absolute Gasteiger partial charge is 0.249 e. The maximum absolute atomic E-state index is 6.05. The minimum Gasteiger partial charge on any atom is -0.496 e. The molecule has 7 nitrogen and oxygen atoms in total. The highest BCUT2D eigenvalue weighted by atomic mass is 35.5. The SMILES string of the molecule is COc1ccccc1CCNc1cnnc(Nc2cc(Cl)ccc2OC)n1. The minimum atomic E-state index is 0.345. The van der Waals surface area contributed by atoms with Crippen molar-refractivity contribution in [1.82, 2.24) is 15.2 Å². The number of rotatable bonds is 8. The highest BCUT2D eigenvalue weighted by Crippen LogP contribution is 2.29. The van der Waals surface area contributed by atoms with E-state index in [1.54, 1.807) is 38.6 Å². The van der Waals surface area contributed by atoms with Crippen molar-refractivity contribution in [3.05, 3.63) is 59.2 Å². The molecule has 0 aliphatic heterocycles. The molecule has 0 atom stereocenters. The molecule has 0 spiro atoms. The largest absolute Gasteiger partial charge is 0.496 e. The summed E-state index contributed by atoms with van der Waals surface area (Å²) in [6.45, 7) is 0.680. The lowest BCUT2D eigenvalue weighted by atomic mass is 10.1. The molecule has 0 bridgehead atoms. The van der Waals surface area contributed by atoms with Crippen LogP contribution < -0.4 is 20.1 Å². The summed E-state index contributed by atoms with van der Waals surface area (Å²) in [5.41, 5.74) is 1.79. The minimum absolute atomic E-state index is 0.345. The van der Waals surface area contributed by atoms with Crippen molar-refractivity contribution in [2.45, 2.75) is 6.42 Å². The van der Waals surface area contributed by atoms with Crippen LogP contribution in [0, 0.1) is 0 Å². The average Bonchev–Trinajstić information content (AvgIpc) is 2.69. The summed E-state index contributed by atoms with van der Waals surface area (Å²) in [6, 6.07) is 13.2. The Balaban J connectivity index is 1.65. The zero-order valence-corrected chi connectivity index (χ0v) is 15.8. The summed E-state index contributed by atoms with van der Waals surface area (Å²) in [7, 11) is 3.26. The number of hydrogen-bond donors (Lipinski definition) is 2. The number of hydrogen-bond acceptors (Lipinski definition) is 7. The molecule has 2 aromatic carbocycles. The van der Waals surface area contributed by atoms with Gasteiger partial charge in [0.15, 0.2) is 5.82 Å². The van der Waals surface area contributed by atoms with Crippen molar-refractivity contribution in [3.8, 4) is 11.5 Å². The lowest BCUT2D eigenvalue weighted by Gasteiger charge is -2.11. The van der Waals surface area contributed by atoms with Crippen LogP contribution in [0.3, 0.4) is 0 Å². The van der Waals surface area contributed by atoms with Crippen LogP contribution in [0.4, 0.5) is 17.5 Å². The fourth-order valence-corrected chi connectivity index (χ4v) is 2.75. The lowest BCUT2D eigenvalue weighted by molar-refractivity contribution is 0.410. The van der Waals surface area contributed by atoms with Crippen LogP contribution in [0.15, 0.2) is 48.7 Å². The van der Waals surface area contributed by atoms with Gasteiger partial charge in [0.2, 0.25) is 5.95 Å². The molecule has 1 heterocycles. The molecule has 140 valence electrons. The Labute approximate surface area is 162 Å². The van der Waals surface area contributed by atoms with Crippen LogP contribution in [0.2, 0.25) is 5.02 Å². The molecule has 0 fully saturated rings. The molecule has 27 heavy (non-hydrogen) atoms. The standard InChI is InChI=1S/C19H20ClN5O2/c1-26-16-6-4-3-5-13(16)9-10-21-18-12-22-25-19(24-18)23-15-11-14(20)7-8-17(15)27-2/h3-8,11-12H,9-10H2,1-2H3,(H2,21,23,24,25). The number of halogens is 1. The van der Waals surface area contributed by atoms with Gasteiger partial charge in [0.1, 0.15) is 11.5 Å². The second-order valence-electron chi connectivity index (χ2n) is 5.62. The Kier molecular flexibility index (Phi) is 6.27. The summed E-state index contributed by atoms with van der Waals surface area (Å²) in [6.07, 6.45) is 2.36. The Morgan fingerprint density at radius 3 is 2.67 bits per heavy atom. The Hall–Kier alpha value is -3.06. The molecule has 1 aromatic heterocycles. The fourth-order valence-electron chi connectivity index (χ4n) is 2.57. The monoisotopic (exact) mass is 385 g/mol. The number of nitrogens with zero attached hydrogens (tertiary/aromatic N) is 3. The van der Waals surface area contributed by atoms with E-state index >= 15 is 0 Å². The quantitative estimate of drug-likeness (QED) is 0.607. The first-order chi connectivity index (χ1) is 13.2. The van der Waals surface area contributed by atoms with E-state index in [4.69, 9.17) is 21.1 Å². The second kappa shape index (κ2) is 9.05. The number of para-hydroxylation sites is 1. The van der Waals surface area contributed by atoms with Crippen LogP contribution >= 0.6 is 11.6 Å². The van der Waals surface area contributed by atoms with Crippen LogP contribution in [-0.4, -0.2) is 35.9 Å². The van der Waals surface area contributed by atoms with E-state index in [0.29, 0.717) is 34.8 Å². The van der Waals surface area contributed by atoms with Gasteiger partial charge in [-0.2, -0.15) is 10.1 Å². The average molecular weight is 386 g/mol. The fraction of sp³-hybridized carbons (Fsp3) is 0.211.